The molecule has 2 unspecified atom stereocenters. The Balaban J connectivity index is 1.73. The average molecular weight is 377 g/mol. The third kappa shape index (κ3) is 4.17. The van der Waals surface area contributed by atoms with Gasteiger partial charge in [-0.25, -0.2) is 0 Å². The smallest absolute Gasteiger partial charge is 0.255 e. The van der Waals surface area contributed by atoms with Gasteiger partial charge in [0.2, 0.25) is 5.91 Å². The van der Waals surface area contributed by atoms with Gasteiger partial charge in [0.05, 0.1) is 12.5 Å². The lowest BCUT2D eigenvalue weighted by molar-refractivity contribution is -0.125. The molecule has 0 aromatic heterocycles. The van der Waals surface area contributed by atoms with Crippen molar-refractivity contribution in [2.75, 3.05) is 12.9 Å². The highest BCUT2D eigenvalue weighted by molar-refractivity contribution is 8.00. The number of amides is 2. The normalized spacial score (nSPS) is 23.7. The van der Waals surface area contributed by atoms with Crippen molar-refractivity contribution >= 4 is 23.6 Å². The summed E-state index contributed by atoms with van der Waals surface area (Å²) in [4.78, 5) is 27.8. The highest BCUT2D eigenvalue weighted by atomic mass is 32.2. The van der Waals surface area contributed by atoms with Gasteiger partial charge in [-0.2, -0.15) is 0 Å². The molecule has 142 valence electrons. The minimum absolute atomic E-state index is 0.00205. The third-order valence-corrected chi connectivity index (χ3v) is 6.72. The van der Waals surface area contributed by atoms with E-state index in [-0.39, 0.29) is 29.3 Å². The van der Waals surface area contributed by atoms with Crippen molar-refractivity contribution in [3.05, 3.63) is 29.8 Å². The summed E-state index contributed by atoms with van der Waals surface area (Å²) in [5.41, 5.74) is 0.599. The summed E-state index contributed by atoms with van der Waals surface area (Å²) in [6.45, 7) is 2.06. The first-order valence-electron chi connectivity index (χ1n) is 9.52. The number of ether oxygens (including phenoxy) is 1. The number of benzene rings is 1. The molecule has 0 spiro atoms. The van der Waals surface area contributed by atoms with Crippen LogP contribution >= 0.6 is 11.8 Å². The molecule has 1 saturated carbocycles. The van der Waals surface area contributed by atoms with E-state index in [1.165, 1.54) is 19.3 Å². The van der Waals surface area contributed by atoms with Crippen molar-refractivity contribution in [3.8, 4) is 5.75 Å². The van der Waals surface area contributed by atoms with E-state index < -0.39 is 0 Å². The van der Waals surface area contributed by atoms with Crippen LogP contribution in [-0.4, -0.2) is 47.0 Å². The molecule has 26 heavy (non-hydrogen) atoms. The largest absolute Gasteiger partial charge is 0.497 e. The minimum Gasteiger partial charge on any atom is -0.497 e. The second-order valence-corrected chi connectivity index (χ2v) is 8.21. The van der Waals surface area contributed by atoms with Gasteiger partial charge in [0.25, 0.3) is 5.91 Å². The summed E-state index contributed by atoms with van der Waals surface area (Å²) in [6.07, 6.45) is 6.54. The van der Waals surface area contributed by atoms with Gasteiger partial charge in [-0.3, -0.25) is 9.59 Å². The Kier molecular flexibility index (Phi) is 6.46. The number of methoxy groups -OCH3 is 1. The molecule has 1 heterocycles. The fourth-order valence-electron chi connectivity index (χ4n) is 3.78. The van der Waals surface area contributed by atoms with Crippen LogP contribution in [0.4, 0.5) is 0 Å². The Morgan fingerprint density at radius 3 is 2.50 bits per heavy atom. The Bertz CT molecular complexity index is 628. The average Bonchev–Trinajstić information content (AvgIpc) is 3.12. The zero-order valence-corrected chi connectivity index (χ0v) is 16.4. The number of nitrogens with one attached hydrogen (secondary N) is 1. The van der Waals surface area contributed by atoms with Crippen LogP contribution in [0.2, 0.25) is 0 Å². The molecular formula is C20H28N2O3S. The molecule has 1 aromatic carbocycles. The molecule has 3 rings (SSSR count). The van der Waals surface area contributed by atoms with Crippen LogP contribution < -0.4 is 10.1 Å². The van der Waals surface area contributed by atoms with Crippen molar-refractivity contribution in [1.29, 1.82) is 0 Å². The zero-order chi connectivity index (χ0) is 18.5. The lowest BCUT2D eigenvalue weighted by Gasteiger charge is -2.30. The van der Waals surface area contributed by atoms with E-state index >= 15 is 0 Å². The quantitative estimate of drug-likeness (QED) is 0.855. The van der Waals surface area contributed by atoms with Gasteiger partial charge in [-0.15, -0.1) is 11.8 Å². The summed E-state index contributed by atoms with van der Waals surface area (Å²) in [6, 6.07) is 6.99. The first-order valence-corrected chi connectivity index (χ1v) is 10.6. The van der Waals surface area contributed by atoms with E-state index in [9.17, 15) is 9.59 Å². The van der Waals surface area contributed by atoms with Crippen molar-refractivity contribution in [2.45, 2.75) is 62.9 Å². The predicted octanol–water partition coefficient (Wildman–Crippen LogP) is 3.44. The van der Waals surface area contributed by atoms with Gasteiger partial charge in [0.15, 0.2) is 0 Å². The summed E-state index contributed by atoms with van der Waals surface area (Å²) in [7, 11) is 1.60. The molecule has 2 amide bonds. The molecular weight excluding hydrogens is 348 g/mol. The second-order valence-electron chi connectivity index (χ2n) is 7.00. The van der Waals surface area contributed by atoms with Crippen LogP contribution in [0.1, 0.15) is 55.8 Å². The molecule has 1 aromatic rings. The molecule has 1 aliphatic carbocycles. The van der Waals surface area contributed by atoms with E-state index in [1.54, 1.807) is 48.0 Å². The molecule has 1 aliphatic heterocycles. The molecule has 5 nitrogen and oxygen atoms in total. The van der Waals surface area contributed by atoms with Gasteiger partial charge in [0, 0.05) is 17.4 Å². The lowest BCUT2D eigenvalue weighted by atomic mass is 9.95. The van der Waals surface area contributed by atoms with Crippen LogP contribution in [0.5, 0.6) is 5.75 Å². The van der Waals surface area contributed by atoms with Crippen LogP contribution in [0, 0.1) is 0 Å². The van der Waals surface area contributed by atoms with Crippen molar-refractivity contribution in [3.63, 3.8) is 0 Å². The van der Waals surface area contributed by atoms with Crippen molar-refractivity contribution in [2.24, 2.45) is 0 Å². The van der Waals surface area contributed by atoms with E-state index in [0.29, 0.717) is 11.3 Å². The maximum atomic E-state index is 13.1. The Hall–Kier alpha value is -1.69. The fraction of sp³-hybridized carbons (Fsp3) is 0.600. The number of thioether (sulfide) groups is 1. The number of hydrogen-bond acceptors (Lipinski definition) is 4. The number of carbonyl (C=O) groups is 2. The summed E-state index contributed by atoms with van der Waals surface area (Å²) < 4.78 is 5.17. The van der Waals surface area contributed by atoms with Crippen molar-refractivity contribution < 1.29 is 14.3 Å². The molecule has 1 saturated heterocycles. The maximum absolute atomic E-state index is 13.1. The Morgan fingerprint density at radius 1 is 1.19 bits per heavy atom. The predicted molar refractivity (Wildman–Crippen MR) is 105 cm³/mol. The lowest BCUT2D eigenvalue weighted by Crippen LogP contribution is -2.52. The van der Waals surface area contributed by atoms with Gasteiger partial charge in [-0.05, 0) is 43.5 Å². The van der Waals surface area contributed by atoms with Gasteiger partial charge >= 0.3 is 0 Å². The SMILES string of the molecule is CCC1SCC(C(=O)NC2CCCCC2)N1C(=O)c1ccc(OC)cc1. The highest BCUT2D eigenvalue weighted by Crippen LogP contribution is 2.33. The van der Waals surface area contributed by atoms with Gasteiger partial charge in [-0.1, -0.05) is 26.2 Å². The van der Waals surface area contributed by atoms with Crippen LogP contribution in [0.25, 0.3) is 0 Å². The second kappa shape index (κ2) is 8.80. The number of rotatable bonds is 5. The van der Waals surface area contributed by atoms with Crippen LogP contribution in [-0.2, 0) is 4.79 Å². The summed E-state index contributed by atoms with van der Waals surface area (Å²) >= 11 is 1.70. The maximum Gasteiger partial charge on any atom is 0.255 e. The van der Waals surface area contributed by atoms with E-state index in [2.05, 4.69) is 12.2 Å². The first kappa shape index (κ1) is 19.1. The number of nitrogens with zero attached hydrogens (tertiary/aromatic N) is 1. The van der Waals surface area contributed by atoms with Crippen molar-refractivity contribution in [1.82, 2.24) is 10.2 Å². The molecule has 2 fully saturated rings. The topological polar surface area (TPSA) is 58.6 Å². The van der Waals surface area contributed by atoms with Crippen LogP contribution in [0.15, 0.2) is 24.3 Å². The molecule has 2 aliphatic rings. The van der Waals surface area contributed by atoms with E-state index in [0.717, 1.165) is 25.0 Å². The Labute approximate surface area is 159 Å². The first-order chi connectivity index (χ1) is 12.6. The minimum atomic E-state index is -0.388. The molecule has 1 N–H and O–H groups in total. The molecule has 0 bridgehead atoms. The third-order valence-electron chi connectivity index (χ3n) is 5.27. The van der Waals surface area contributed by atoms with Gasteiger partial charge in [0.1, 0.15) is 11.8 Å². The summed E-state index contributed by atoms with van der Waals surface area (Å²) in [5.74, 6) is 1.31. The molecule has 0 radical (unpaired) electrons. The highest BCUT2D eigenvalue weighted by Gasteiger charge is 2.41. The number of carbonyl (C=O) groups excluding carboxylic acids is 2. The van der Waals surface area contributed by atoms with Gasteiger partial charge < -0.3 is 15.0 Å². The Morgan fingerprint density at radius 2 is 1.88 bits per heavy atom. The standard InChI is InChI=1S/C20H28N2O3S/c1-3-18-22(20(24)14-9-11-16(25-2)12-10-14)17(13-26-18)19(23)21-15-7-5-4-6-8-15/h9-12,15,17-18H,3-8,13H2,1-2H3,(H,21,23). The van der Waals surface area contributed by atoms with Crippen LogP contribution in [0.3, 0.4) is 0 Å². The van der Waals surface area contributed by atoms with E-state index in [4.69, 9.17) is 4.74 Å². The molecule has 2 atom stereocenters. The van der Waals surface area contributed by atoms with E-state index in [1.807, 2.05) is 0 Å². The zero-order valence-electron chi connectivity index (χ0n) is 15.6. The summed E-state index contributed by atoms with van der Waals surface area (Å²) in [5, 5.41) is 3.24. The monoisotopic (exact) mass is 376 g/mol. The fourth-order valence-corrected chi connectivity index (χ4v) is 5.13. The number of hydrogen-bond donors (Lipinski definition) is 1. The molecule has 6 heteroatoms.